The van der Waals surface area contributed by atoms with Crippen molar-refractivity contribution in [2.75, 3.05) is 12.4 Å². The number of carbonyl (C=O) groups is 1. The Morgan fingerprint density at radius 2 is 1.74 bits per heavy atom. The maximum Gasteiger partial charge on any atom is 0.254 e. The lowest BCUT2D eigenvalue weighted by molar-refractivity contribution is 0.0785. The molecule has 4 heteroatoms. The van der Waals surface area contributed by atoms with E-state index in [2.05, 4.69) is 36.3 Å². The van der Waals surface area contributed by atoms with Gasteiger partial charge in [-0.3, -0.25) is 4.79 Å². The summed E-state index contributed by atoms with van der Waals surface area (Å²) in [5.74, 6) is 1.13. The van der Waals surface area contributed by atoms with Gasteiger partial charge in [0.1, 0.15) is 5.82 Å². The third-order valence-electron chi connectivity index (χ3n) is 4.47. The molecule has 0 fully saturated rings. The second-order valence-corrected chi connectivity index (χ2v) is 6.98. The fraction of sp³-hybridized carbons (Fsp3) is 0.217. The lowest BCUT2D eigenvalue weighted by Gasteiger charge is -2.18. The summed E-state index contributed by atoms with van der Waals surface area (Å²) in [5.41, 5.74) is 3.96. The Morgan fingerprint density at radius 3 is 2.41 bits per heavy atom. The molecule has 0 saturated carbocycles. The molecule has 0 spiro atoms. The van der Waals surface area contributed by atoms with Gasteiger partial charge in [-0.05, 0) is 41.3 Å². The molecule has 1 N–H and O–H groups in total. The Labute approximate surface area is 160 Å². The molecule has 27 heavy (non-hydrogen) atoms. The van der Waals surface area contributed by atoms with E-state index in [-0.39, 0.29) is 5.91 Å². The molecular formula is C23H25N3O. The summed E-state index contributed by atoms with van der Waals surface area (Å²) in [6.45, 7) is 4.91. The number of carbonyl (C=O) groups excluding carboxylic acids is 1. The highest BCUT2D eigenvalue weighted by molar-refractivity contribution is 5.94. The van der Waals surface area contributed by atoms with Crippen molar-refractivity contribution in [1.82, 2.24) is 9.88 Å². The van der Waals surface area contributed by atoms with Gasteiger partial charge in [0.2, 0.25) is 0 Å². The van der Waals surface area contributed by atoms with Crippen molar-refractivity contribution in [3.05, 3.63) is 89.6 Å². The van der Waals surface area contributed by atoms with E-state index in [1.807, 2.05) is 49.5 Å². The molecule has 3 rings (SSSR count). The van der Waals surface area contributed by atoms with Crippen LogP contribution in [0.25, 0.3) is 0 Å². The average molecular weight is 359 g/mol. The van der Waals surface area contributed by atoms with Crippen molar-refractivity contribution in [3.8, 4) is 0 Å². The zero-order valence-electron chi connectivity index (χ0n) is 16.0. The van der Waals surface area contributed by atoms with Gasteiger partial charge in [-0.1, -0.05) is 56.3 Å². The molecule has 4 nitrogen and oxygen atoms in total. The normalized spacial score (nSPS) is 10.7. The van der Waals surface area contributed by atoms with Crippen molar-refractivity contribution in [1.29, 1.82) is 0 Å². The van der Waals surface area contributed by atoms with E-state index >= 15 is 0 Å². The van der Waals surface area contributed by atoms with E-state index in [4.69, 9.17) is 0 Å². The highest BCUT2D eigenvalue weighted by Crippen LogP contribution is 2.20. The number of hydrogen-bond acceptors (Lipinski definition) is 3. The topological polar surface area (TPSA) is 45.2 Å². The predicted octanol–water partition coefficient (Wildman–Crippen LogP) is 5.22. The molecule has 3 aromatic rings. The fourth-order valence-electron chi connectivity index (χ4n) is 2.88. The summed E-state index contributed by atoms with van der Waals surface area (Å²) >= 11 is 0. The van der Waals surface area contributed by atoms with Crippen LogP contribution < -0.4 is 5.32 Å². The minimum atomic E-state index is -0.0283. The summed E-state index contributed by atoms with van der Waals surface area (Å²) in [6, 6.07) is 21.8. The monoisotopic (exact) mass is 359 g/mol. The number of hydrogen-bond donors (Lipinski definition) is 1. The highest BCUT2D eigenvalue weighted by Gasteiger charge is 2.13. The molecule has 0 radical (unpaired) electrons. The molecule has 0 bridgehead atoms. The number of anilines is 2. The number of amides is 1. The Kier molecular flexibility index (Phi) is 5.87. The summed E-state index contributed by atoms with van der Waals surface area (Å²) in [6.07, 6.45) is 1.66. The zero-order chi connectivity index (χ0) is 19.2. The first kappa shape index (κ1) is 18.6. The summed E-state index contributed by atoms with van der Waals surface area (Å²) in [7, 11) is 1.81. The SMILES string of the molecule is CC(C)c1ccc(Nc2cc(C(=O)N(C)Cc3ccccc3)ccn2)cc1. The van der Waals surface area contributed by atoms with Gasteiger partial charge in [0, 0.05) is 31.0 Å². The van der Waals surface area contributed by atoms with E-state index < -0.39 is 0 Å². The summed E-state index contributed by atoms with van der Waals surface area (Å²) < 4.78 is 0. The van der Waals surface area contributed by atoms with Gasteiger partial charge >= 0.3 is 0 Å². The van der Waals surface area contributed by atoms with E-state index in [1.54, 1.807) is 23.2 Å². The minimum Gasteiger partial charge on any atom is -0.340 e. The maximum absolute atomic E-state index is 12.7. The molecule has 138 valence electrons. The van der Waals surface area contributed by atoms with E-state index in [1.165, 1.54) is 5.56 Å². The molecule has 2 aromatic carbocycles. The Morgan fingerprint density at radius 1 is 1.04 bits per heavy atom. The van der Waals surface area contributed by atoms with Gasteiger partial charge in [-0.15, -0.1) is 0 Å². The lowest BCUT2D eigenvalue weighted by atomic mass is 10.0. The van der Waals surface area contributed by atoms with Crippen molar-refractivity contribution in [2.24, 2.45) is 0 Å². The third-order valence-corrected chi connectivity index (χ3v) is 4.47. The maximum atomic E-state index is 12.7. The van der Waals surface area contributed by atoms with Gasteiger partial charge in [0.25, 0.3) is 5.91 Å². The Balaban J connectivity index is 1.70. The van der Waals surface area contributed by atoms with Crippen LogP contribution in [0.5, 0.6) is 0 Å². The van der Waals surface area contributed by atoms with E-state index in [0.717, 1.165) is 11.3 Å². The zero-order valence-corrected chi connectivity index (χ0v) is 16.0. The average Bonchev–Trinajstić information content (AvgIpc) is 2.69. The van der Waals surface area contributed by atoms with Gasteiger partial charge in [-0.2, -0.15) is 0 Å². The quantitative estimate of drug-likeness (QED) is 0.656. The van der Waals surface area contributed by atoms with Crippen LogP contribution in [0.1, 0.15) is 41.3 Å². The molecule has 1 aromatic heterocycles. The van der Waals surface area contributed by atoms with Crippen molar-refractivity contribution in [2.45, 2.75) is 26.3 Å². The molecule has 0 aliphatic heterocycles. The smallest absolute Gasteiger partial charge is 0.254 e. The third kappa shape index (κ3) is 4.94. The van der Waals surface area contributed by atoms with Gasteiger partial charge in [0.05, 0.1) is 0 Å². The highest BCUT2D eigenvalue weighted by atomic mass is 16.2. The number of benzene rings is 2. The lowest BCUT2D eigenvalue weighted by Crippen LogP contribution is -2.26. The van der Waals surface area contributed by atoms with Crippen molar-refractivity contribution < 1.29 is 4.79 Å². The van der Waals surface area contributed by atoms with Crippen molar-refractivity contribution >= 4 is 17.4 Å². The second kappa shape index (κ2) is 8.49. The van der Waals surface area contributed by atoms with Crippen LogP contribution in [-0.2, 0) is 6.54 Å². The van der Waals surface area contributed by atoms with Gasteiger partial charge in [-0.25, -0.2) is 4.98 Å². The molecule has 1 heterocycles. The van der Waals surface area contributed by atoms with E-state index in [9.17, 15) is 4.79 Å². The molecule has 0 atom stereocenters. The van der Waals surface area contributed by atoms with Gasteiger partial charge in [0.15, 0.2) is 0 Å². The van der Waals surface area contributed by atoms with Gasteiger partial charge < -0.3 is 10.2 Å². The number of pyridine rings is 1. The second-order valence-electron chi connectivity index (χ2n) is 6.98. The first-order chi connectivity index (χ1) is 13.0. The van der Waals surface area contributed by atoms with E-state index in [0.29, 0.717) is 23.8 Å². The minimum absolute atomic E-state index is 0.0283. The van der Waals surface area contributed by atoms with Crippen LogP contribution in [-0.4, -0.2) is 22.8 Å². The van der Waals surface area contributed by atoms with Crippen molar-refractivity contribution in [3.63, 3.8) is 0 Å². The molecule has 0 unspecified atom stereocenters. The first-order valence-electron chi connectivity index (χ1n) is 9.15. The molecule has 0 aliphatic carbocycles. The number of aromatic nitrogens is 1. The van der Waals surface area contributed by atoms with Crippen LogP contribution in [0.3, 0.4) is 0 Å². The largest absolute Gasteiger partial charge is 0.340 e. The standard InChI is InChI=1S/C23H25N3O/c1-17(2)19-9-11-21(12-10-19)25-22-15-20(13-14-24-22)23(27)26(3)16-18-7-5-4-6-8-18/h4-15,17H,16H2,1-3H3,(H,24,25). The van der Waals surface area contributed by atoms with Crippen LogP contribution in [0, 0.1) is 0 Å². The molecule has 0 aliphatic rings. The first-order valence-corrected chi connectivity index (χ1v) is 9.15. The molecular weight excluding hydrogens is 334 g/mol. The Hall–Kier alpha value is -3.14. The van der Waals surface area contributed by atoms with Crippen LogP contribution in [0.2, 0.25) is 0 Å². The number of rotatable bonds is 6. The van der Waals surface area contributed by atoms with Crippen LogP contribution in [0.15, 0.2) is 72.9 Å². The summed E-state index contributed by atoms with van der Waals surface area (Å²) in [4.78, 5) is 18.8. The number of nitrogens with zero attached hydrogens (tertiary/aromatic N) is 2. The molecule has 0 saturated heterocycles. The number of nitrogens with one attached hydrogen (secondary N) is 1. The summed E-state index contributed by atoms with van der Waals surface area (Å²) in [5, 5.41) is 3.27. The molecule has 1 amide bonds. The fourth-order valence-corrected chi connectivity index (χ4v) is 2.88. The van der Waals surface area contributed by atoms with Crippen LogP contribution in [0.4, 0.5) is 11.5 Å². The predicted molar refractivity (Wildman–Crippen MR) is 110 cm³/mol. The Bertz CT molecular complexity index is 889. The van der Waals surface area contributed by atoms with Crippen LogP contribution >= 0.6 is 0 Å².